The second-order valence-corrected chi connectivity index (χ2v) is 12.4. The molecule has 0 unspecified atom stereocenters. The third kappa shape index (κ3) is 11.2. The number of nitrogens with zero attached hydrogens (tertiary/aromatic N) is 3. The van der Waals surface area contributed by atoms with Crippen molar-refractivity contribution < 1.29 is 19.1 Å². The van der Waals surface area contributed by atoms with Crippen LogP contribution in [-0.2, 0) is 35.2 Å². The summed E-state index contributed by atoms with van der Waals surface area (Å²) in [7, 11) is 0. The highest BCUT2D eigenvalue weighted by Gasteiger charge is 2.18. The van der Waals surface area contributed by atoms with Crippen molar-refractivity contribution in [2.24, 2.45) is 0 Å². The van der Waals surface area contributed by atoms with Crippen LogP contribution in [-0.4, -0.2) is 33.4 Å². The number of pyridine rings is 2. The lowest BCUT2D eigenvalue weighted by molar-refractivity contribution is 0.0624. The maximum atomic E-state index is 12.2. The minimum Gasteiger partial charge on any atom is -0.444 e. The van der Waals surface area contributed by atoms with Gasteiger partial charge in [0, 0.05) is 11.4 Å². The third-order valence-electron chi connectivity index (χ3n) is 5.82. The third-order valence-corrected chi connectivity index (χ3v) is 5.82. The van der Waals surface area contributed by atoms with Gasteiger partial charge in [0.05, 0.1) is 11.6 Å². The molecule has 2 N–H and O–H groups in total. The summed E-state index contributed by atoms with van der Waals surface area (Å²) < 4.78 is 10.7. The first-order valence-electron chi connectivity index (χ1n) is 14.0. The van der Waals surface area contributed by atoms with Crippen LogP contribution in [0.3, 0.4) is 0 Å². The second-order valence-electron chi connectivity index (χ2n) is 12.4. The van der Waals surface area contributed by atoms with Gasteiger partial charge in [-0.15, -0.1) is 0 Å². The fraction of sp³-hybridized carbons (Fsp3) is 0.424. The summed E-state index contributed by atoms with van der Waals surface area (Å²) in [5, 5.41) is 15.1. The molecular weight excluding hydrogens is 530 g/mol. The van der Waals surface area contributed by atoms with E-state index in [1.165, 1.54) is 0 Å². The van der Waals surface area contributed by atoms with Gasteiger partial charge in [0.25, 0.3) is 0 Å². The number of amides is 2. The summed E-state index contributed by atoms with van der Waals surface area (Å²) in [4.78, 5) is 33.6. The van der Waals surface area contributed by atoms with Gasteiger partial charge < -0.3 is 9.47 Å². The average Bonchev–Trinajstić information content (AvgIpc) is 2.83. The highest BCUT2D eigenvalue weighted by molar-refractivity contribution is 5.84. The summed E-state index contributed by atoms with van der Waals surface area (Å²) in [6.45, 7) is 14.8. The molecule has 222 valence electrons. The van der Waals surface area contributed by atoms with Gasteiger partial charge in [-0.05, 0) is 140 Å². The summed E-state index contributed by atoms with van der Waals surface area (Å²) in [6.07, 6.45) is 1.54. The molecule has 0 atom stereocenters. The Balaban J connectivity index is 1.68. The molecule has 9 nitrogen and oxygen atoms in total. The van der Waals surface area contributed by atoms with E-state index in [9.17, 15) is 14.9 Å². The lowest BCUT2D eigenvalue weighted by Crippen LogP contribution is -2.27. The quantitative estimate of drug-likeness (QED) is 0.292. The molecule has 3 rings (SSSR count). The Bertz CT molecular complexity index is 1380. The molecule has 0 aliphatic carbocycles. The first-order valence-corrected chi connectivity index (χ1v) is 14.0. The number of anilines is 2. The Hall–Kier alpha value is -4.45. The van der Waals surface area contributed by atoms with E-state index in [1.54, 1.807) is 12.1 Å². The molecular formula is C33H41N5O4. The van der Waals surface area contributed by atoms with Gasteiger partial charge in [-0.2, -0.15) is 5.26 Å². The van der Waals surface area contributed by atoms with Crippen LogP contribution in [0.4, 0.5) is 21.2 Å². The zero-order valence-corrected chi connectivity index (χ0v) is 25.8. The second kappa shape index (κ2) is 13.5. The van der Waals surface area contributed by atoms with Crippen LogP contribution in [0.5, 0.6) is 0 Å². The van der Waals surface area contributed by atoms with Gasteiger partial charge >= 0.3 is 12.2 Å². The largest absolute Gasteiger partial charge is 0.444 e. The number of aromatic nitrogens is 2. The van der Waals surface area contributed by atoms with Crippen LogP contribution >= 0.6 is 0 Å². The Kier molecular flexibility index (Phi) is 10.3. The Labute approximate surface area is 248 Å². The minimum absolute atomic E-state index is 0.442. The number of carbonyl (C=O) groups excluding carboxylic acids is 2. The van der Waals surface area contributed by atoms with Crippen LogP contribution < -0.4 is 10.6 Å². The highest BCUT2D eigenvalue weighted by Crippen LogP contribution is 2.19. The summed E-state index contributed by atoms with van der Waals surface area (Å²) in [5.41, 5.74) is 5.06. The molecule has 2 aromatic heterocycles. The van der Waals surface area contributed by atoms with E-state index in [0.717, 1.165) is 33.6 Å². The first kappa shape index (κ1) is 32.1. The summed E-state index contributed by atoms with van der Waals surface area (Å²) in [5.74, 6) is 0.883. The van der Waals surface area contributed by atoms with Gasteiger partial charge in [0.15, 0.2) is 0 Å². The lowest BCUT2D eigenvalue weighted by atomic mass is 9.98. The van der Waals surface area contributed by atoms with Crippen LogP contribution in [0, 0.1) is 25.2 Å². The predicted octanol–water partition coefficient (Wildman–Crippen LogP) is 7.23. The summed E-state index contributed by atoms with van der Waals surface area (Å²) >= 11 is 0. The van der Waals surface area contributed by atoms with E-state index in [4.69, 9.17) is 9.47 Å². The molecule has 0 saturated heterocycles. The van der Waals surface area contributed by atoms with Crippen molar-refractivity contribution in [3.63, 3.8) is 0 Å². The molecule has 2 amide bonds. The number of hydrogen-bond donors (Lipinski definition) is 2. The maximum absolute atomic E-state index is 12.2. The zero-order valence-electron chi connectivity index (χ0n) is 25.8. The van der Waals surface area contributed by atoms with Crippen LogP contribution in [0.15, 0.2) is 42.5 Å². The number of benzene rings is 1. The van der Waals surface area contributed by atoms with Crippen LogP contribution in [0.1, 0.15) is 80.7 Å². The first-order chi connectivity index (χ1) is 19.6. The van der Waals surface area contributed by atoms with Crippen molar-refractivity contribution in [2.45, 2.75) is 92.3 Å². The molecule has 9 heteroatoms. The normalized spacial score (nSPS) is 11.4. The molecule has 0 radical (unpaired) electrons. The molecule has 0 aliphatic heterocycles. The summed E-state index contributed by atoms with van der Waals surface area (Å²) in [6, 6.07) is 15.7. The number of aryl methyl sites for hydroxylation is 6. The van der Waals surface area contributed by atoms with Crippen molar-refractivity contribution in [3.05, 3.63) is 81.7 Å². The number of rotatable bonds is 8. The number of nitrogens with one attached hydrogen (secondary N) is 2. The Morgan fingerprint density at radius 1 is 0.690 bits per heavy atom. The Morgan fingerprint density at radius 2 is 1.10 bits per heavy atom. The van der Waals surface area contributed by atoms with Crippen LogP contribution in [0.25, 0.3) is 0 Å². The molecule has 42 heavy (non-hydrogen) atoms. The molecule has 0 saturated carbocycles. The molecule has 2 heterocycles. The van der Waals surface area contributed by atoms with Crippen molar-refractivity contribution in [3.8, 4) is 6.07 Å². The maximum Gasteiger partial charge on any atom is 0.413 e. The van der Waals surface area contributed by atoms with Gasteiger partial charge in [-0.25, -0.2) is 19.6 Å². The lowest BCUT2D eigenvalue weighted by Gasteiger charge is -2.19. The fourth-order valence-corrected chi connectivity index (χ4v) is 4.34. The van der Waals surface area contributed by atoms with E-state index < -0.39 is 23.4 Å². The topological polar surface area (TPSA) is 126 Å². The van der Waals surface area contributed by atoms with E-state index >= 15 is 0 Å². The zero-order chi connectivity index (χ0) is 31.1. The monoisotopic (exact) mass is 571 g/mol. The standard InChI is InChI=1S/C33H41N5O4/c1-21-13-26(35-28(15-21)37-30(39)41-32(3,4)5)11-9-23-17-24(19-25(18-23)20-34)10-12-27-14-22(2)16-29(36-27)38-31(40)42-33(6,7)8/h13-19H,9-12H2,1-8H3,(H,35,37,39)(H,36,38,40). The fourth-order valence-electron chi connectivity index (χ4n) is 4.34. The Morgan fingerprint density at radius 3 is 1.45 bits per heavy atom. The van der Waals surface area contributed by atoms with Gasteiger partial charge in [0.2, 0.25) is 0 Å². The van der Waals surface area contributed by atoms with Crippen molar-refractivity contribution in [2.75, 3.05) is 10.6 Å². The van der Waals surface area contributed by atoms with Gasteiger partial charge in [0.1, 0.15) is 22.8 Å². The van der Waals surface area contributed by atoms with E-state index in [-0.39, 0.29) is 0 Å². The smallest absolute Gasteiger partial charge is 0.413 e. The molecule has 3 aromatic rings. The SMILES string of the molecule is Cc1cc(CCc2cc(C#N)cc(CCc3cc(C)cc(NC(=O)OC(C)(C)C)n3)c2)nc(NC(=O)OC(C)(C)C)c1. The number of nitriles is 1. The molecule has 0 fully saturated rings. The van der Waals surface area contributed by atoms with Crippen molar-refractivity contribution in [1.82, 2.24) is 9.97 Å². The van der Waals surface area contributed by atoms with Gasteiger partial charge in [-0.3, -0.25) is 10.6 Å². The van der Waals surface area contributed by atoms with E-state index in [2.05, 4.69) is 32.7 Å². The van der Waals surface area contributed by atoms with E-state index in [1.807, 2.05) is 79.7 Å². The number of carbonyl (C=O) groups is 2. The molecule has 1 aromatic carbocycles. The molecule has 0 spiro atoms. The molecule has 0 aliphatic rings. The molecule has 0 bridgehead atoms. The predicted molar refractivity (Wildman–Crippen MR) is 164 cm³/mol. The van der Waals surface area contributed by atoms with Crippen LogP contribution in [0.2, 0.25) is 0 Å². The van der Waals surface area contributed by atoms with Crippen molar-refractivity contribution >= 4 is 23.8 Å². The number of hydrogen-bond acceptors (Lipinski definition) is 7. The highest BCUT2D eigenvalue weighted by atomic mass is 16.6. The average molecular weight is 572 g/mol. The van der Waals surface area contributed by atoms with Crippen molar-refractivity contribution in [1.29, 1.82) is 5.26 Å². The van der Waals surface area contributed by atoms with Gasteiger partial charge in [-0.1, -0.05) is 6.07 Å². The van der Waals surface area contributed by atoms with E-state index in [0.29, 0.717) is 42.9 Å². The minimum atomic E-state index is -0.602. The number of ether oxygens (including phenoxy) is 2.